The number of aromatic amines is 1. The van der Waals surface area contributed by atoms with Gasteiger partial charge in [-0.05, 0) is 42.7 Å². The number of nitrogens with zero attached hydrogens (tertiary/aromatic N) is 1. The minimum atomic E-state index is -1.17. The highest BCUT2D eigenvalue weighted by Crippen LogP contribution is 2.19. The van der Waals surface area contributed by atoms with E-state index < -0.39 is 47.9 Å². The van der Waals surface area contributed by atoms with E-state index in [1.54, 1.807) is 20.0 Å². The first-order valence-corrected chi connectivity index (χ1v) is 13.8. The van der Waals surface area contributed by atoms with E-state index in [2.05, 4.69) is 25.9 Å². The van der Waals surface area contributed by atoms with Crippen molar-refractivity contribution in [2.24, 2.45) is 34.0 Å². The van der Waals surface area contributed by atoms with E-state index in [0.29, 0.717) is 13.0 Å². The molecule has 4 unspecified atom stereocenters. The smallest absolute Gasteiger partial charge is 0.326 e. The van der Waals surface area contributed by atoms with Crippen LogP contribution in [-0.4, -0.2) is 70.5 Å². The first-order valence-electron chi connectivity index (χ1n) is 13.8. The van der Waals surface area contributed by atoms with E-state index in [1.165, 1.54) is 0 Å². The molecule has 3 amide bonds. The zero-order valence-electron chi connectivity index (χ0n) is 24.1. The lowest BCUT2D eigenvalue weighted by Gasteiger charge is -2.27. The Balaban J connectivity index is 2.27. The van der Waals surface area contributed by atoms with Gasteiger partial charge in [0.25, 0.3) is 0 Å². The minimum Gasteiger partial charge on any atom is -0.480 e. The monoisotopic (exact) mass is 572 g/mol. The van der Waals surface area contributed by atoms with Gasteiger partial charge in [-0.1, -0.05) is 45.9 Å². The molecule has 0 bridgehead atoms. The largest absolute Gasteiger partial charge is 0.480 e. The number of benzene rings is 1. The van der Waals surface area contributed by atoms with Gasteiger partial charge in [0.05, 0.1) is 6.04 Å². The number of carboxylic acids is 1. The number of nitrogens with two attached hydrogens (primary N) is 3. The standard InChI is InChI=1S/C28H44N8O5/c1-15(2)12-21(26(39)36-23(16(3)4)27(40)41)35-25(38)22(13-17-14-33-20-10-6-5-8-18(17)20)34-24(37)19(29)9-7-11-32-28(30)31/h5-6,8,10,14-16,19,21-23,33H,7,9,11-13,29H2,1-4H3,(H,34,37)(H,35,38)(H,36,39)(H,40,41)(H4,30,31,32). The van der Waals surface area contributed by atoms with Crippen LogP contribution in [0, 0.1) is 11.8 Å². The maximum atomic E-state index is 13.6. The molecule has 0 aliphatic heterocycles. The van der Waals surface area contributed by atoms with Gasteiger partial charge in [-0.3, -0.25) is 19.4 Å². The van der Waals surface area contributed by atoms with Gasteiger partial charge in [0.2, 0.25) is 17.7 Å². The number of nitrogens with one attached hydrogen (secondary N) is 4. The summed E-state index contributed by atoms with van der Waals surface area (Å²) in [5.41, 5.74) is 18.4. The Labute approximate surface area is 240 Å². The summed E-state index contributed by atoms with van der Waals surface area (Å²) in [6.07, 6.45) is 2.91. The molecule has 226 valence electrons. The highest BCUT2D eigenvalue weighted by atomic mass is 16.4. The summed E-state index contributed by atoms with van der Waals surface area (Å²) in [5.74, 6) is -3.31. The molecule has 2 rings (SSSR count). The molecule has 0 aliphatic carbocycles. The number of aliphatic carboxylic acids is 1. The lowest BCUT2D eigenvalue weighted by molar-refractivity contribution is -0.143. The van der Waals surface area contributed by atoms with Crippen LogP contribution in [0.1, 0.15) is 52.5 Å². The zero-order chi connectivity index (χ0) is 30.7. The van der Waals surface area contributed by atoms with Crippen LogP contribution >= 0.6 is 0 Å². The molecule has 0 fully saturated rings. The SMILES string of the molecule is CC(C)CC(NC(=O)C(Cc1c[nH]c2ccccc12)NC(=O)C(N)CCCN=C(N)N)C(=O)NC(C(=O)O)C(C)C. The number of guanidine groups is 1. The van der Waals surface area contributed by atoms with Crippen molar-refractivity contribution in [1.82, 2.24) is 20.9 Å². The number of hydrogen-bond acceptors (Lipinski definition) is 6. The van der Waals surface area contributed by atoms with Crippen molar-refractivity contribution in [3.63, 3.8) is 0 Å². The number of carbonyl (C=O) groups is 4. The van der Waals surface area contributed by atoms with E-state index in [0.717, 1.165) is 16.5 Å². The van der Waals surface area contributed by atoms with E-state index in [4.69, 9.17) is 17.2 Å². The Morgan fingerprint density at radius 3 is 2.20 bits per heavy atom. The molecule has 0 radical (unpaired) electrons. The van der Waals surface area contributed by atoms with Crippen molar-refractivity contribution in [1.29, 1.82) is 0 Å². The number of carbonyl (C=O) groups excluding carboxylic acids is 3. The van der Waals surface area contributed by atoms with Crippen molar-refractivity contribution in [3.8, 4) is 0 Å². The fourth-order valence-electron chi connectivity index (χ4n) is 4.40. The van der Waals surface area contributed by atoms with Gasteiger partial charge in [0.15, 0.2) is 5.96 Å². The van der Waals surface area contributed by atoms with Crippen molar-refractivity contribution in [2.45, 2.75) is 77.5 Å². The number of rotatable bonds is 16. The van der Waals surface area contributed by atoms with Crippen LogP contribution in [0.25, 0.3) is 10.9 Å². The second kappa shape index (κ2) is 15.6. The summed E-state index contributed by atoms with van der Waals surface area (Å²) in [7, 11) is 0. The molecule has 11 N–H and O–H groups in total. The molecule has 41 heavy (non-hydrogen) atoms. The third-order valence-electron chi connectivity index (χ3n) is 6.61. The average molecular weight is 573 g/mol. The third-order valence-corrected chi connectivity index (χ3v) is 6.61. The number of aliphatic imine (C=N–C) groups is 1. The highest BCUT2D eigenvalue weighted by molar-refractivity contribution is 5.95. The molecule has 0 spiro atoms. The third kappa shape index (κ3) is 10.4. The van der Waals surface area contributed by atoms with Crippen LogP contribution in [0.3, 0.4) is 0 Å². The van der Waals surface area contributed by atoms with E-state index >= 15 is 0 Å². The quantitative estimate of drug-likeness (QED) is 0.0791. The van der Waals surface area contributed by atoms with Gasteiger partial charge in [-0.25, -0.2) is 4.79 Å². The number of para-hydroxylation sites is 1. The Bertz CT molecular complexity index is 1220. The zero-order valence-corrected chi connectivity index (χ0v) is 24.1. The van der Waals surface area contributed by atoms with Crippen LogP contribution in [0.5, 0.6) is 0 Å². The van der Waals surface area contributed by atoms with Gasteiger partial charge >= 0.3 is 5.97 Å². The van der Waals surface area contributed by atoms with Gasteiger partial charge in [-0.15, -0.1) is 0 Å². The summed E-state index contributed by atoms with van der Waals surface area (Å²) >= 11 is 0. The Morgan fingerprint density at radius 2 is 1.59 bits per heavy atom. The van der Waals surface area contributed by atoms with Crippen LogP contribution < -0.4 is 33.2 Å². The second-order valence-electron chi connectivity index (χ2n) is 10.9. The number of amides is 3. The van der Waals surface area contributed by atoms with Crippen LogP contribution in [0.4, 0.5) is 0 Å². The number of H-pyrrole nitrogens is 1. The number of carboxylic acid groups (broad SMARTS) is 1. The average Bonchev–Trinajstić information content (AvgIpc) is 3.30. The molecule has 0 saturated carbocycles. The van der Waals surface area contributed by atoms with Crippen LogP contribution in [0.2, 0.25) is 0 Å². The van der Waals surface area contributed by atoms with Gasteiger partial charge in [0.1, 0.15) is 18.1 Å². The Hall–Kier alpha value is -4.13. The summed E-state index contributed by atoms with van der Waals surface area (Å²) in [4.78, 5) is 58.5. The van der Waals surface area contributed by atoms with Crippen molar-refractivity contribution >= 4 is 40.6 Å². The first-order chi connectivity index (χ1) is 19.3. The first kappa shape index (κ1) is 33.1. The van der Waals surface area contributed by atoms with Gasteiger partial charge in [-0.2, -0.15) is 0 Å². The fourth-order valence-corrected chi connectivity index (χ4v) is 4.40. The topological polar surface area (TPSA) is 231 Å². The molecule has 13 heteroatoms. The maximum Gasteiger partial charge on any atom is 0.326 e. The lowest BCUT2D eigenvalue weighted by atomic mass is 9.99. The van der Waals surface area contributed by atoms with Crippen molar-refractivity contribution < 1.29 is 24.3 Å². The number of fused-ring (bicyclic) bond motifs is 1. The number of hydrogen-bond donors (Lipinski definition) is 8. The second-order valence-corrected chi connectivity index (χ2v) is 10.9. The molecule has 0 saturated heterocycles. The van der Waals surface area contributed by atoms with Crippen molar-refractivity contribution in [3.05, 3.63) is 36.0 Å². The molecule has 4 atom stereocenters. The number of aromatic nitrogens is 1. The van der Waals surface area contributed by atoms with E-state index in [1.807, 2.05) is 38.1 Å². The minimum absolute atomic E-state index is 0.00803. The predicted octanol–water partition coefficient (Wildman–Crippen LogP) is 0.332. The lowest BCUT2D eigenvalue weighted by Crippen LogP contribution is -2.58. The van der Waals surface area contributed by atoms with Gasteiger partial charge < -0.3 is 43.2 Å². The Kier molecular flexibility index (Phi) is 12.6. The molecule has 2 aromatic rings. The molecule has 1 heterocycles. The maximum absolute atomic E-state index is 13.6. The van der Waals surface area contributed by atoms with Gasteiger partial charge in [0, 0.05) is 30.1 Å². The molecular weight excluding hydrogens is 528 g/mol. The molecular formula is C28H44N8O5. The normalized spacial score (nSPS) is 14.2. The summed E-state index contributed by atoms with van der Waals surface area (Å²) < 4.78 is 0. The van der Waals surface area contributed by atoms with Crippen LogP contribution in [0.15, 0.2) is 35.5 Å². The summed E-state index contributed by atoms with van der Waals surface area (Å²) in [5, 5.41) is 18.4. The Morgan fingerprint density at radius 1 is 0.951 bits per heavy atom. The van der Waals surface area contributed by atoms with Crippen molar-refractivity contribution in [2.75, 3.05) is 6.54 Å². The summed E-state index contributed by atoms with van der Waals surface area (Å²) in [6.45, 7) is 7.44. The van der Waals surface area contributed by atoms with E-state index in [-0.39, 0.29) is 37.1 Å². The van der Waals surface area contributed by atoms with E-state index in [9.17, 15) is 24.3 Å². The predicted molar refractivity (Wildman–Crippen MR) is 158 cm³/mol. The molecule has 1 aromatic carbocycles. The summed E-state index contributed by atoms with van der Waals surface area (Å²) in [6, 6.07) is 3.44. The molecule has 1 aromatic heterocycles. The highest BCUT2D eigenvalue weighted by Gasteiger charge is 2.32. The van der Waals surface area contributed by atoms with Crippen LogP contribution in [-0.2, 0) is 25.6 Å². The molecule has 13 nitrogen and oxygen atoms in total. The molecule has 0 aliphatic rings. The fraction of sp³-hybridized carbons (Fsp3) is 0.536.